The number of para-hydroxylation sites is 1. The van der Waals surface area contributed by atoms with Crippen molar-refractivity contribution in [3.05, 3.63) is 29.6 Å². The largest absolute Gasteiger partial charge is 0.396 e. The van der Waals surface area contributed by atoms with Crippen LogP contribution in [0, 0.1) is 5.82 Å². The molecule has 94 valence electrons. The molecule has 1 saturated heterocycles. The van der Waals surface area contributed by atoms with Crippen LogP contribution in [0.4, 0.5) is 10.1 Å². The number of ether oxygens (including phenoxy) is 1. The zero-order valence-corrected chi connectivity index (χ0v) is 10.2. The normalized spacial score (nSPS) is 17.6. The van der Waals surface area contributed by atoms with Crippen molar-refractivity contribution in [3.8, 4) is 0 Å². The van der Waals surface area contributed by atoms with Crippen LogP contribution in [0.3, 0.4) is 0 Å². The lowest BCUT2D eigenvalue weighted by Gasteiger charge is -2.31. The third-order valence-corrected chi connectivity index (χ3v) is 3.38. The van der Waals surface area contributed by atoms with E-state index < -0.39 is 0 Å². The van der Waals surface area contributed by atoms with E-state index in [1.807, 2.05) is 6.07 Å². The number of hydrogen-bond acceptors (Lipinski definition) is 3. The Bertz CT molecular complexity index is 378. The van der Waals surface area contributed by atoms with E-state index in [4.69, 9.17) is 10.5 Å². The fourth-order valence-electron chi connectivity index (χ4n) is 2.24. The number of nitrogens with zero attached hydrogens (tertiary/aromatic N) is 1. The highest BCUT2D eigenvalue weighted by atomic mass is 19.1. The number of benzene rings is 1. The van der Waals surface area contributed by atoms with E-state index in [0.717, 1.165) is 31.6 Å². The lowest BCUT2D eigenvalue weighted by Crippen LogP contribution is -2.36. The van der Waals surface area contributed by atoms with Crippen LogP contribution in [-0.4, -0.2) is 31.2 Å². The lowest BCUT2D eigenvalue weighted by molar-refractivity contribution is 0.0407. The topological polar surface area (TPSA) is 38.5 Å². The lowest BCUT2D eigenvalue weighted by atomic mass is 10.1. The van der Waals surface area contributed by atoms with Gasteiger partial charge in [-0.25, -0.2) is 4.39 Å². The fourth-order valence-corrected chi connectivity index (χ4v) is 2.24. The molecule has 0 unspecified atom stereocenters. The summed E-state index contributed by atoms with van der Waals surface area (Å²) in [5, 5.41) is 0. The van der Waals surface area contributed by atoms with Crippen LogP contribution in [0.25, 0.3) is 0 Å². The van der Waals surface area contributed by atoms with Crippen molar-refractivity contribution < 1.29 is 9.13 Å². The first-order chi connectivity index (χ1) is 8.18. The van der Waals surface area contributed by atoms with Gasteiger partial charge in [-0.3, -0.25) is 4.90 Å². The zero-order chi connectivity index (χ0) is 12.3. The number of nitrogen functional groups attached to an aromatic ring is 1. The van der Waals surface area contributed by atoms with Crippen molar-refractivity contribution in [2.24, 2.45) is 0 Å². The Kier molecular flexibility index (Phi) is 3.97. The molecular weight excluding hydrogens is 219 g/mol. The van der Waals surface area contributed by atoms with E-state index in [1.165, 1.54) is 6.07 Å². The molecule has 0 saturated carbocycles. The number of hydrogen-bond donors (Lipinski definition) is 1. The number of anilines is 1. The Hall–Kier alpha value is -1.13. The molecule has 1 aromatic rings. The summed E-state index contributed by atoms with van der Waals surface area (Å²) in [6.07, 6.45) is 2.07. The molecule has 1 heterocycles. The monoisotopic (exact) mass is 238 g/mol. The Balaban J connectivity index is 2.01. The van der Waals surface area contributed by atoms with E-state index in [9.17, 15) is 4.39 Å². The number of nitrogens with two attached hydrogens (primary N) is 1. The molecule has 0 atom stereocenters. The minimum Gasteiger partial charge on any atom is -0.396 e. The van der Waals surface area contributed by atoms with Gasteiger partial charge in [-0.15, -0.1) is 0 Å². The molecule has 1 aliphatic rings. The predicted octanol–water partition coefficient (Wildman–Crippen LogP) is 2.02. The van der Waals surface area contributed by atoms with Crippen molar-refractivity contribution in [2.75, 3.05) is 26.0 Å². The summed E-state index contributed by atoms with van der Waals surface area (Å²) in [4.78, 5) is 2.23. The van der Waals surface area contributed by atoms with Gasteiger partial charge in [0.05, 0.1) is 5.69 Å². The average Bonchev–Trinajstić information content (AvgIpc) is 2.36. The molecule has 1 fully saturated rings. The van der Waals surface area contributed by atoms with Gasteiger partial charge in [0.25, 0.3) is 0 Å². The highest BCUT2D eigenvalue weighted by Crippen LogP contribution is 2.20. The molecular formula is C13H19FN2O. The maximum atomic E-state index is 13.3. The van der Waals surface area contributed by atoms with Gasteiger partial charge < -0.3 is 10.5 Å². The van der Waals surface area contributed by atoms with E-state index in [1.54, 1.807) is 6.07 Å². The fraction of sp³-hybridized carbons (Fsp3) is 0.538. The van der Waals surface area contributed by atoms with Crippen LogP contribution < -0.4 is 5.73 Å². The van der Waals surface area contributed by atoms with Gasteiger partial charge in [0.1, 0.15) is 5.82 Å². The molecule has 2 rings (SSSR count). The second-order valence-corrected chi connectivity index (χ2v) is 4.57. The van der Waals surface area contributed by atoms with Gasteiger partial charge in [0, 0.05) is 25.8 Å². The highest BCUT2D eigenvalue weighted by Gasteiger charge is 2.19. The zero-order valence-electron chi connectivity index (χ0n) is 10.2. The average molecular weight is 238 g/mol. The smallest absolute Gasteiger partial charge is 0.146 e. The Morgan fingerprint density at radius 1 is 1.41 bits per heavy atom. The molecule has 0 bridgehead atoms. The maximum Gasteiger partial charge on any atom is 0.146 e. The molecule has 0 spiro atoms. The first-order valence-corrected chi connectivity index (χ1v) is 5.99. The predicted molar refractivity (Wildman–Crippen MR) is 66.1 cm³/mol. The Labute approximate surface area is 101 Å². The highest BCUT2D eigenvalue weighted by molar-refractivity contribution is 5.47. The summed E-state index contributed by atoms with van der Waals surface area (Å²) in [7, 11) is 2.06. The standard InChI is InChI=1S/C13H19FN2O/c1-16(11-5-7-17-8-6-11)9-10-3-2-4-12(14)13(10)15/h2-4,11H,5-9,15H2,1H3. The maximum absolute atomic E-state index is 13.3. The van der Waals surface area contributed by atoms with Crippen molar-refractivity contribution >= 4 is 5.69 Å². The third-order valence-electron chi connectivity index (χ3n) is 3.38. The second kappa shape index (κ2) is 5.47. The van der Waals surface area contributed by atoms with Crippen molar-refractivity contribution in [1.82, 2.24) is 4.90 Å². The first-order valence-electron chi connectivity index (χ1n) is 5.99. The molecule has 0 radical (unpaired) electrons. The summed E-state index contributed by atoms with van der Waals surface area (Å²) in [6, 6.07) is 5.49. The Morgan fingerprint density at radius 3 is 2.82 bits per heavy atom. The third kappa shape index (κ3) is 2.96. The van der Waals surface area contributed by atoms with Crippen LogP contribution >= 0.6 is 0 Å². The van der Waals surface area contributed by atoms with Crippen molar-refractivity contribution in [2.45, 2.75) is 25.4 Å². The summed E-state index contributed by atoms with van der Waals surface area (Å²) in [5.74, 6) is -0.331. The van der Waals surface area contributed by atoms with Gasteiger partial charge in [-0.1, -0.05) is 12.1 Å². The molecule has 2 N–H and O–H groups in total. The molecule has 3 nitrogen and oxygen atoms in total. The van der Waals surface area contributed by atoms with Crippen LogP contribution in [-0.2, 0) is 11.3 Å². The second-order valence-electron chi connectivity index (χ2n) is 4.57. The number of rotatable bonds is 3. The minimum atomic E-state index is -0.331. The van der Waals surface area contributed by atoms with E-state index in [-0.39, 0.29) is 11.5 Å². The SMILES string of the molecule is CN(Cc1cccc(F)c1N)C1CCOCC1. The van der Waals surface area contributed by atoms with E-state index in [0.29, 0.717) is 12.6 Å². The van der Waals surface area contributed by atoms with Crippen LogP contribution in [0.5, 0.6) is 0 Å². The van der Waals surface area contributed by atoms with Crippen LogP contribution in [0.2, 0.25) is 0 Å². The quantitative estimate of drug-likeness (QED) is 0.819. The summed E-state index contributed by atoms with van der Waals surface area (Å²) < 4.78 is 18.6. The summed E-state index contributed by atoms with van der Waals surface area (Å²) in [5.41, 5.74) is 6.86. The molecule has 4 heteroatoms. The molecule has 17 heavy (non-hydrogen) atoms. The molecule has 1 aliphatic heterocycles. The first kappa shape index (κ1) is 12.3. The number of halogens is 1. The van der Waals surface area contributed by atoms with E-state index in [2.05, 4.69) is 11.9 Å². The van der Waals surface area contributed by atoms with Crippen LogP contribution in [0.15, 0.2) is 18.2 Å². The van der Waals surface area contributed by atoms with Gasteiger partial charge >= 0.3 is 0 Å². The van der Waals surface area contributed by atoms with Gasteiger partial charge in [0.15, 0.2) is 0 Å². The Morgan fingerprint density at radius 2 is 2.12 bits per heavy atom. The van der Waals surface area contributed by atoms with Gasteiger partial charge in [0.2, 0.25) is 0 Å². The summed E-state index contributed by atoms with van der Waals surface area (Å²) >= 11 is 0. The molecule has 1 aromatic carbocycles. The van der Waals surface area contributed by atoms with Crippen LogP contribution in [0.1, 0.15) is 18.4 Å². The minimum absolute atomic E-state index is 0.270. The molecule has 0 aromatic heterocycles. The van der Waals surface area contributed by atoms with Gasteiger partial charge in [-0.05, 0) is 31.5 Å². The van der Waals surface area contributed by atoms with E-state index >= 15 is 0 Å². The summed E-state index contributed by atoms with van der Waals surface area (Å²) in [6.45, 7) is 2.32. The van der Waals surface area contributed by atoms with Gasteiger partial charge in [-0.2, -0.15) is 0 Å². The van der Waals surface area contributed by atoms with Crippen molar-refractivity contribution in [3.63, 3.8) is 0 Å². The van der Waals surface area contributed by atoms with Crippen molar-refractivity contribution in [1.29, 1.82) is 0 Å². The molecule has 0 aliphatic carbocycles. The molecule has 0 amide bonds.